The highest BCUT2D eigenvalue weighted by atomic mass is 16.6. The van der Waals surface area contributed by atoms with Crippen LogP contribution in [0.15, 0.2) is 30.0 Å². The summed E-state index contributed by atoms with van der Waals surface area (Å²) >= 11 is 0. The Bertz CT molecular complexity index is 757. The van der Waals surface area contributed by atoms with E-state index in [1.165, 1.54) is 6.08 Å². The van der Waals surface area contributed by atoms with E-state index < -0.39 is 30.4 Å². The first-order valence-electron chi connectivity index (χ1n) is 7.75. The third-order valence-corrected chi connectivity index (χ3v) is 3.35. The molecule has 0 unspecified atom stereocenters. The number of methoxy groups -OCH3 is 1. The van der Waals surface area contributed by atoms with Crippen LogP contribution in [0.3, 0.4) is 0 Å². The summed E-state index contributed by atoms with van der Waals surface area (Å²) in [4.78, 5) is 47.6. The summed E-state index contributed by atoms with van der Waals surface area (Å²) in [5.74, 6) is -1.57. The van der Waals surface area contributed by atoms with Gasteiger partial charge in [-0.1, -0.05) is 18.2 Å². The first kappa shape index (κ1) is 19.0. The van der Waals surface area contributed by atoms with E-state index in [0.717, 1.165) is 12.0 Å². The molecule has 1 heterocycles. The van der Waals surface area contributed by atoms with E-state index >= 15 is 0 Å². The molecule has 0 aliphatic carbocycles. The summed E-state index contributed by atoms with van der Waals surface area (Å²) in [7, 11) is 1.16. The van der Waals surface area contributed by atoms with Crippen LogP contribution >= 0.6 is 0 Å². The van der Waals surface area contributed by atoms with Crippen LogP contribution in [0.4, 0.5) is 4.79 Å². The molecule has 1 N–H and O–H groups in total. The van der Waals surface area contributed by atoms with Gasteiger partial charge < -0.3 is 19.5 Å². The van der Waals surface area contributed by atoms with Crippen LogP contribution in [0.1, 0.15) is 12.5 Å². The van der Waals surface area contributed by atoms with Crippen molar-refractivity contribution in [2.45, 2.75) is 6.92 Å². The van der Waals surface area contributed by atoms with Gasteiger partial charge in [-0.05, 0) is 19.1 Å². The van der Waals surface area contributed by atoms with E-state index in [-0.39, 0.29) is 18.9 Å². The van der Waals surface area contributed by atoms with E-state index in [0.29, 0.717) is 11.3 Å². The number of benzene rings is 1. The fourth-order valence-electron chi connectivity index (χ4n) is 2.13. The Morgan fingerprint density at radius 2 is 1.92 bits per heavy atom. The fraction of sp³-hybridized carbons (Fsp3) is 0.294. The van der Waals surface area contributed by atoms with Crippen LogP contribution in [-0.4, -0.2) is 55.6 Å². The SMILES string of the molecule is CCOC(=O)COc1ccccc1/C=C1/NC(=O)N(CC(=O)OC)C1=O. The Labute approximate surface area is 149 Å². The molecule has 0 atom stereocenters. The van der Waals surface area contributed by atoms with Gasteiger partial charge in [0.25, 0.3) is 5.91 Å². The summed E-state index contributed by atoms with van der Waals surface area (Å²) in [5, 5.41) is 2.39. The maximum atomic E-state index is 12.3. The lowest BCUT2D eigenvalue weighted by atomic mass is 10.1. The lowest BCUT2D eigenvalue weighted by Gasteiger charge is -2.10. The summed E-state index contributed by atoms with van der Waals surface area (Å²) in [6.07, 6.45) is 1.40. The van der Waals surface area contributed by atoms with Crippen LogP contribution in [0.2, 0.25) is 0 Å². The highest BCUT2D eigenvalue weighted by Crippen LogP contribution is 2.22. The Morgan fingerprint density at radius 3 is 2.62 bits per heavy atom. The molecule has 1 aliphatic rings. The second kappa shape index (κ2) is 8.65. The molecule has 1 aliphatic heterocycles. The van der Waals surface area contributed by atoms with E-state index in [4.69, 9.17) is 9.47 Å². The molecular formula is C17H18N2O7. The number of esters is 2. The average molecular weight is 362 g/mol. The minimum Gasteiger partial charge on any atom is -0.481 e. The number of nitrogens with zero attached hydrogens (tertiary/aromatic N) is 1. The molecular weight excluding hydrogens is 344 g/mol. The molecule has 9 heteroatoms. The molecule has 0 saturated carbocycles. The van der Waals surface area contributed by atoms with Crippen molar-refractivity contribution in [2.75, 3.05) is 26.9 Å². The number of ether oxygens (including phenoxy) is 3. The Morgan fingerprint density at radius 1 is 1.19 bits per heavy atom. The minimum atomic E-state index is -0.725. The summed E-state index contributed by atoms with van der Waals surface area (Å²) < 4.78 is 14.7. The number of rotatable bonds is 7. The second-order valence-corrected chi connectivity index (χ2v) is 5.09. The zero-order chi connectivity index (χ0) is 19.1. The topological polar surface area (TPSA) is 111 Å². The molecule has 0 spiro atoms. The molecule has 26 heavy (non-hydrogen) atoms. The van der Waals surface area contributed by atoms with E-state index in [1.807, 2.05) is 0 Å². The molecule has 1 fully saturated rings. The number of carbonyl (C=O) groups is 4. The summed E-state index contributed by atoms with van der Waals surface area (Å²) in [6, 6.07) is 5.93. The lowest BCUT2D eigenvalue weighted by molar-refractivity contribution is -0.145. The minimum absolute atomic E-state index is 0.0221. The normalized spacial score (nSPS) is 15.0. The van der Waals surface area contributed by atoms with Crippen LogP contribution in [-0.2, 0) is 23.9 Å². The van der Waals surface area contributed by atoms with E-state index in [2.05, 4.69) is 10.1 Å². The smallest absolute Gasteiger partial charge is 0.344 e. The molecule has 0 bridgehead atoms. The largest absolute Gasteiger partial charge is 0.481 e. The quantitative estimate of drug-likeness (QED) is 0.432. The highest BCUT2D eigenvalue weighted by molar-refractivity contribution is 6.15. The van der Waals surface area contributed by atoms with Crippen molar-refractivity contribution in [3.63, 3.8) is 0 Å². The van der Waals surface area contributed by atoms with Gasteiger partial charge in [-0.2, -0.15) is 0 Å². The molecule has 0 aromatic heterocycles. The van der Waals surface area contributed by atoms with E-state index in [1.54, 1.807) is 31.2 Å². The fourth-order valence-corrected chi connectivity index (χ4v) is 2.13. The predicted octanol–water partition coefficient (Wildman–Crippen LogP) is 0.694. The van der Waals surface area contributed by atoms with Gasteiger partial charge in [-0.15, -0.1) is 0 Å². The number of amides is 3. The molecule has 0 radical (unpaired) electrons. The first-order chi connectivity index (χ1) is 12.5. The van der Waals surface area contributed by atoms with Crippen molar-refractivity contribution in [1.29, 1.82) is 0 Å². The number of imide groups is 1. The lowest BCUT2D eigenvalue weighted by Crippen LogP contribution is -2.36. The predicted molar refractivity (Wildman–Crippen MR) is 88.8 cm³/mol. The van der Waals surface area contributed by atoms with Crippen molar-refractivity contribution >= 4 is 30.0 Å². The molecule has 2 rings (SSSR count). The van der Waals surface area contributed by atoms with E-state index in [9.17, 15) is 19.2 Å². The number of hydrogen-bond donors (Lipinski definition) is 1. The standard InChI is InChI=1S/C17H18N2O7/c1-3-25-15(21)10-26-13-7-5-4-6-11(13)8-12-16(22)19(17(23)18-12)9-14(20)24-2/h4-8H,3,9-10H2,1-2H3,(H,18,23)/b12-8+. The molecule has 138 valence electrons. The highest BCUT2D eigenvalue weighted by Gasteiger charge is 2.35. The van der Waals surface area contributed by atoms with Crippen molar-refractivity contribution < 1.29 is 33.4 Å². The zero-order valence-corrected chi connectivity index (χ0v) is 14.3. The summed E-state index contributed by atoms with van der Waals surface area (Å²) in [6.45, 7) is 1.15. The third kappa shape index (κ3) is 4.59. The Balaban J connectivity index is 2.17. The van der Waals surface area contributed by atoms with Crippen molar-refractivity contribution in [2.24, 2.45) is 0 Å². The van der Waals surface area contributed by atoms with Crippen LogP contribution in [0.25, 0.3) is 6.08 Å². The number of para-hydroxylation sites is 1. The molecule has 1 aromatic rings. The van der Waals surface area contributed by atoms with Gasteiger partial charge >= 0.3 is 18.0 Å². The van der Waals surface area contributed by atoms with Gasteiger partial charge in [-0.25, -0.2) is 14.5 Å². The maximum absolute atomic E-state index is 12.3. The summed E-state index contributed by atoms with van der Waals surface area (Å²) in [5.41, 5.74) is 0.450. The van der Waals surface area contributed by atoms with Gasteiger partial charge in [0.2, 0.25) is 0 Å². The van der Waals surface area contributed by atoms with Crippen molar-refractivity contribution in [1.82, 2.24) is 10.2 Å². The average Bonchev–Trinajstić information content (AvgIpc) is 2.88. The van der Waals surface area contributed by atoms with Gasteiger partial charge in [0.15, 0.2) is 6.61 Å². The van der Waals surface area contributed by atoms with Crippen LogP contribution < -0.4 is 10.1 Å². The van der Waals surface area contributed by atoms with Crippen molar-refractivity contribution in [3.05, 3.63) is 35.5 Å². The number of carbonyl (C=O) groups excluding carboxylic acids is 4. The number of urea groups is 1. The number of nitrogens with one attached hydrogen (secondary N) is 1. The van der Waals surface area contributed by atoms with Gasteiger partial charge in [0.05, 0.1) is 13.7 Å². The molecule has 1 aromatic carbocycles. The van der Waals surface area contributed by atoms with Gasteiger partial charge in [0, 0.05) is 5.56 Å². The Hall–Kier alpha value is -3.36. The second-order valence-electron chi connectivity index (χ2n) is 5.09. The Kier molecular flexibility index (Phi) is 6.31. The van der Waals surface area contributed by atoms with Crippen molar-refractivity contribution in [3.8, 4) is 5.75 Å². The van der Waals surface area contributed by atoms with Gasteiger partial charge in [-0.3, -0.25) is 9.59 Å². The van der Waals surface area contributed by atoms with Gasteiger partial charge in [0.1, 0.15) is 18.0 Å². The molecule has 9 nitrogen and oxygen atoms in total. The first-order valence-corrected chi connectivity index (χ1v) is 7.75. The molecule has 1 saturated heterocycles. The van der Waals surface area contributed by atoms with Crippen LogP contribution in [0, 0.1) is 0 Å². The number of hydrogen-bond acceptors (Lipinski definition) is 7. The zero-order valence-electron chi connectivity index (χ0n) is 14.3. The molecule has 3 amide bonds. The van der Waals surface area contributed by atoms with Crippen LogP contribution in [0.5, 0.6) is 5.75 Å². The maximum Gasteiger partial charge on any atom is 0.344 e. The monoisotopic (exact) mass is 362 g/mol. The third-order valence-electron chi connectivity index (χ3n) is 3.35.